The number of sulfone groups is 1. The Morgan fingerprint density at radius 2 is 1.86 bits per heavy atom. The van der Waals surface area contributed by atoms with E-state index in [0.29, 0.717) is 5.56 Å². The first kappa shape index (κ1) is 10.7. The number of hydrogen-bond donors (Lipinski definition) is 1. The molecule has 1 aromatic carbocycles. The van der Waals surface area contributed by atoms with Crippen LogP contribution in [0.25, 0.3) is 0 Å². The van der Waals surface area contributed by atoms with Crippen LogP contribution in [0.4, 0.5) is 0 Å². The molecule has 0 aliphatic heterocycles. The molecular weight excluding hydrogens is 202 g/mol. The van der Waals surface area contributed by atoms with Gasteiger partial charge < -0.3 is 5.73 Å². The molecule has 0 unspecified atom stereocenters. The average Bonchev–Trinajstić information content (AvgIpc) is 2.01. The van der Waals surface area contributed by atoms with Gasteiger partial charge in [-0.2, -0.15) is 0 Å². The van der Waals surface area contributed by atoms with Crippen LogP contribution in [-0.4, -0.2) is 20.6 Å². The fraction of sp³-hybridized carbons (Fsp3) is 0.222. The number of nitrogens with two attached hydrogens (primary N) is 1. The van der Waals surface area contributed by atoms with Gasteiger partial charge in [0.15, 0.2) is 9.84 Å². The first-order valence-electron chi connectivity index (χ1n) is 3.92. The lowest BCUT2D eigenvalue weighted by Crippen LogP contribution is -2.12. The Balaban J connectivity index is 3.43. The highest BCUT2D eigenvalue weighted by molar-refractivity contribution is 7.90. The SMILES string of the molecule is Cc1cc(C(N)=O)cc(S(C)(=O)=O)c1. The predicted octanol–water partition coefficient (Wildman–Crippen LogP) is 0.497. The predicted molar refractivity (Wildman–Crippen MR) is 52.8 cm³/mol. The summed E-state index contributed by atoms with van der Waals surface area (Å²) in [5.41, 5.74) is 5.97. The number of carbonyl (C=O) groups excluding carboxylic acids is 1. The van der Waals surface area contributed by atoms with Crippen molar-refractivity contribution in [3.8, 4) is 0 Å². The van der Waals surface area contributed by atoms with Gasteiger partial charge in [-0.1, -0.05) is 0 Å². The number of primary amides is 1. The molecule has 4 nitrogen and oxygen atoms in total. The first-order valence-corrected chi connectivity index (χ1v) is 5.81. The van der Waals surface area contributed by atoms with E-state index in [9.17, 15) is 13.2 Å². The molecule has 1 aromatic rings. The third kappa shape index (κ3) is 2.32. The van der Waals surface area contributed by atoms with Crippen molar-refractivity contribution < 1.29 is 13.2 Å². The van der Waals surface area contributed by atoms with Gasteiger partial charge in [0, 0.05) is 11.8 Å². The molecule has 1 rings (SSSR count). The summed E-state index contributed by atoms with van der Waals surface area (Å²) in [7, 11) is -3.29. The van der Waals surface area contributed by atoms with Crippen molar-refractivity contribution in [2.24, 2.45) is 5.73 Å². The second-order valence-electron chi connectivity index (χ2n) is 3.17. The van der Waals surface area contributed by atoms with E-state index in [4.69, 9.17) is 5.73 Å². The van der Waals surface area contributed by atoms with Crippen molar-refractivity contribution in [3.63, 3.8) is 0 Å². The molecule has 0 spiro atoms. The van der Waals surface area contributed by atoms with Gasteiger partial charge in [-0.15, -0.1) is 0 Å². The van der Waals surface area contributed by atoms with Crippen LogP contribution in [-0.2, 0) is 9.84 Å². The van der Waals surface area contributed by atoms with E-state index in [2.05, 4.69) is 0 Å². The molecule has 0 atom stereocenters. The lowest BCUT2D eigenvalue weighted by molar-refractivity contribution is 0.1000. The highest BCUT2D eigenvalue weighted by Gasteiger charge is 2.10. The Labute approximate surface area is 82.7 Å². The summed E-state index contributed by atoms with van der Waals surface area (Å²) >= 11 is 0. The molecule has 0 saturated carbocycles. The largest absolute Gasteiger partial charge is 0.366 e. The summed E-state index contributed by atoms with van der Waals surface area (Å²) in [6.07, 6.45) is 1.09. The van der Waals surface area contributed by atoms with Gasteiger partial charge in [0.05, 0.1) is 4.90 Å². The molecule has 0 fully saturated rings. The Morgan fingerprint density at radius 3 is 2.29 bits per heavy atom. The molecule has 1 amide bonds. The second kappa shape index (κ2) is 3.42. The van der Waals surface area contributed by atoms with E-state index in [1.165, 1.54) is 12.1 Å². The van der Waals surface area contributed by atoms with Gasteiger partial charge >= 0.3 is 0 Å². The molecular formula is C9H11NO3S. The van der Waals surface area contributed by atoms with E-state index < -0.39 is 15.7 Å². The Morgan fingerprint density at radius 1 is 1.29 bits per heavy atom. The summed E-state index contributed by atoms with van der Waals surface area (Å²) < 4.78 is 22.4. The number of hydrogen-bond acceptors (Lipinski definition) is 3. The zero-order valence-corrected chi connectivity index (χ0v) is 8.76. The lowest BCUT2D eigenvalue weighted by Gasteiger charge is -2.02. The van der Waals surface area contributed by atoms with Crippen molar-refractivity contribution >= 4 is 15.7 Å². The lowest BCUT2D eigenvalue weighted by atomic mass is 10.1. The molecule has 2 N–H and O–H groups in total. The molecule has 5 heteroatoms. The van der Waals surface area contributed by atoms with Crippen molar-refractivity contribution in [1.29, 1.82) is 0 Å². The van der Waals surface area contributed by atoms with Gasteiger partial charge in [-0.25, -0.2) is 8.42 Å². The maximum absolute atomic E-state index is 11.2. The smallest absolute Gasteiger partial charge is 0.248 e. The third-order valence-electron chi connectivity index (χ3n) is 1.76. The molecule has 0 aliphatic rings. The molecule has 0 radical (unpaired) electrons. The number of rotatable bonds is 2. The normalized spacial score (nSPS) is 11.3. The van der Waals surface area contributed by atoms with Crippen LogP contribution >= 0.6 is 0 Å². The highest BCUT2D eigenvalue weighted by atomic mass is 32.2. The van der Waals surface area contributed by atoms with Gasteiger partial charge in [0.2, 0.25) is 5.91 Å². The van der Waals surface area contributed by atoms with Crippen molar-refractivity contribution in [2.75, 3.05) is 6.26 Å². The van der Waals surface area contributed by atoms with E-state index in [0.717, 1.165) is 6.26 Å². The molecule has 0 aromatic heterocycles. The summed E-state index contributed by atoms with van der Waals surface area (Å²) in [5.74, 6) is -0.626. The minimum Gasteiger partial charge on any atom is -0.366 e. The van der Waals surface area contributed by atoms with Crippen LogP contribution in [0, 0.1) is 6.92 Å². The summed E-state index contributed by atoms with van der Waals surface area (Å²) in [6, 6.07) is 4.34. The molecule has 14 heavy (non-hydrogen) atoms. The fourth-order valence-electron chi connectivity index (χ4n) is 1.10. The fourth-order valence-corrected chi connectivity index (χ4v) is 1.85. The van der Waals surface area contributed by atoms with Crippen molar-refractivity contribution in [2.45, 2.75) is 11.8 Å². The average molecular weight is 213 g/mol. The van der Waals surface area contributed by atoms with Crippen LogP contribution in [0.5, 0.6) is 0 Å². The highest BCUT2D eigenvalue weighted by Crippen LogP contribution is 2.14. The van der Waals surface area contributed by atoms with Crippen molar-refractivity contribution in [3.05, 3.63) is 29.3 Å². The quantitative estimate of drug-likeness (QED) is 0.777. The molecule has 0 heterocycles. The zero-order chi connectivity index (χ0) is 10.9. The van der Waals surface area contributed by atoms with E-state index in [1.54, 1.807) is 13.0 Å². The zero-order valence-electron chi connectivity index (χ0n) is 7.94. The minimum atomic E-state index is -3.29. The Hall–Kier alpha value is -1.36. The summed E-state index contributed by atoms with van der Waals surface area (Å²) in [5, 5.41) is 0. The number of amides is 1. The van der Waals surface area contributed by atoms with Gasteiger partial charge in [0.1, 0.15) is 0 Å². The molecule has 0 saturated heterocycles. The van der Waals surface area contributed by atoms with Gasteiger partial charge in [-0.3, -0.25) is 4.79 Å². The number of carbonyl (C=O) groups is 1. The standard InChI is InChI=1S/C9H11NO3S/c1-6-3-7(9(10)11)5-8(4-6)14(2,12)13/h3-5H,1-2H3,(H2,10,11). The monoisotopic (exact) mass is 213 g/mol. The third-order valence-corrected chi connectivity index (χ3v) is 2.86. The van der Waals surface area contributed by atoms with Crippen LogP contribution in [0.1, 0.15) is 15.9 Å². The topological polar surface area (TPSA) is 77.2 Å². The van der Waals surface area contributed by atoms with Crippen LogP contribution in [0.2, 0.25) is 0 Å². The van der Waals surface area contributed by atoms with E-state index in [1.807, 2.05) is 0 Å². The molecule has 76 valence electrons. The van der Waals surface area contributed by atoms with Crippen molar-refractivity contribution in [1.82, 2.24) is 0 Å². The maximum atomic E-state index is 11.2. The summed E-state index contributed by atoms with van der Waals surface area (Å²) in [4.78, 5) is 11.0. The Kier molecular flexibility index (Phi) is 2.62. The maximum Gasteiger partial charge on any atom is 0.248 e. The van der Waals surface area contributed by atoms with E-state index in [-0.39, 0.29) is 10.5 Å². The number of benzene rings is 1. The minimum absolute atomic E-state index is 0.117. The van der Waals surface area contributed by atoms with Gasteiger partial charge in [0.25, 0.3) is 0 Å². The Bertz CT molecular complexity index is 477. The van der Waals surface area contributed by atoms with Crippen LogP contribution in [0.3, 0.4) is 0 Å². The van der Waals surface area contributed by atoms with Crippen LogP contribution < -0.4 is 5.73 Å². The van der Waals surface area contributed by atoms with E-state index >= 15 is 0 Å². The van der Waals surface area contributed by atoms with Gasteiger partial charge in [-0.05, 0) is 30.7 Å². The molecule has 0 aliphatic carbocycles. The first-order chi connectivity index (χ1) is 6.30. The second-order valence-corrected chi connectivity index (χ2v) is 5.19. The number of aryl methyl sites for hydroxylation is 1. The van der Waals surface area contributed by atoms with Crippen LogP contribution in [0.15, 0.2) is 23.1 Å². The summed E-state index contributed by atoms with van der Waals surface area (Å²) in [6.45, 7) is 1.71. The molecule has 0 bridgehead atoms.